The average Bonchev–Trinajstić information content (AvgIpc) is 2.74. The quantitative estimate of drug-likeness (QED) is 0.288. The molecule has 0 N–H and O–H groups in total. The van der Waals surface area contributed by atoms with E-state index in [1.54, 1.807) is 45.3 Å². The Kier molecular flexibility index (Phi) is 7.72. The van der Waals surface area contributed by atoms with Gasteiger partial charge in [-0.25, -0.2) is 8.78 Å². The molecular formula is C24H22F2INO5. The van der Waals surface area contributed by atoms with Crippen molar-refractivity contribution in [1.82, 2.24) is 4.57 Å². The Hall–Kier alpha value is -2.95. The van der Waals surface area contributed by atoms with Crippen LogP contribution in [0.5, 0.6) is 17.2 Å². The first-order valence-electron chi connectivity index (χ1n) is 9.99. The number of methoxy groups -OCH3 is 1. The number of aromatic nitrogens is 1. The molecule has 0 unspecified atom stereocenters. The van der Waals surface area contributed by atoms with Crippen molar-refractivity contribution < 1.29 is 27.8 Å². The summed E-state index contributed by atoms with van der Waals surface area (Å²) in [5.41, 5.74) is 1.33. The van der Waals surface area contributed by atoms with Crippen LogP contribution >= 0.6 is 22.6 Å². The highest BCUT2D eigenvalue weighted by molar-refractivity contribution is 14.1. The normalized spacial score (nSPS) is 10.9. The van der Waals surface area contributed by atoms with Gasteiger partial charge in [0.05, 0.1) is 19.6 Å². The Bertz CT molecular complexity index is 1260. The molecule has 0 aliphatic rings. The molecule has 0 bridgehead atoms. The molecule has 0 atom stereocenters. The molecule has 0 aliphatic heterocycles. The van der Waals surface area contributed by atoms with Crippen LogP contribution in [-0.2, 0) is 23.0 Å². The summed E-state index contributed by atoms with van der Waals surface area (Å²) >= 11 is 1.89. The first-order valence-corrected chi connectivity index (χ1v) is 11.1. The predicted molar refractivity (Wildman–Crippen MR) is 128 cm³/mol. The fourth-order valence-electron chi connectivity index (χ4n) is 3.21. The van der Waals surface area contributed by atoms with Crippen molar-refractivity contribution in [3.05, 3.63) is 73.7 Å². The van der Waals surface area contributed by atoms with Gasteiger partial charge in [0.25, 0.3) is 5.56 Å². The van der Waals surface area contributed by atoms with Gasteiger partial charge in [0.2, 0.25) is 0 Å². The molecule has 0 amide bonds. The second-order valence-corrected chi connectivity index (χ2v) is 8.61. The number of halogens is 3. The molecule has 1 aromatic heterocycles. The minimum absolute atomic E-state index is 0.00153. The Labute approximate surface area is 203 Å². The first kappa shape index (κ1) is 24.7. The lowest BCUT2D eigenvalue weighted by Gasteiger charge is -2.17. The summed E-state index contributed by atoms with van der Waals surface area (Å²) in [6.07, 6.45) is 1.32. The third kappa shape index (κ3) is 5.70. The van der Waals surface area contributed by atoms with Gasteiger partial charge in [0, 0.05) is 30.4 Å². The minimum Gasteiger partial charge on any atom is -0.495 e. The molecule has 33 heavy (non-hydrogen) atoms. The molecule has 174 valence electrons. The number of pyridine rings is 1. The zero-order valence-electron chi connectivity index (χ0n) is 18.4. The third-order valence-electron chi connectivity index (χ3n) is 4.64. The number of carbonyl (C=O) groups excluding carboxylic acids is 1. The van der Waals surface area contributed by atoms with Gasteiger partial charge in [0.1, 0.15) is 20.9 Å². The Balaban J connectivity index is 2.16. The van der Waals surface area contributed by atoms with Gasteiger partial charge >= 0.3 is 5.97 Å². The molecule has 0 radical (unpaired) electrons. The molecule has 0 aliphatic carbocycles. The van der Waals surface area contributed by atoms with E-state index in [1.165, 1.54) is 17.7 Å². The maximum Gasteiger partial charge on any atom is 0.310 e. The van der Waals surface area contributed by atoms with E-state index < -0.39 is 17.6 Å². The number of esters is 1. The van der Waals surface area contributed by atoms with Crippen molar-refractivity contribution in [3.8, 4) is 28.4 Å². The number of hydrogen-bond donors (Lipinski definition) is 0. The van der Waals surface area contributed by atoms with Crippen LogP contribution in [0.25, 0.3) is 11.1 Å². The molecule has 0 saturated heterocycles. The van der Waals surface area contributed by atoms with E-state index in [4.69, 9.17) is 14.2 Å². The van der Waals surface area contributed by atoms with E-state index in [1.807, 2.05) is 22.6 Å². The first-order chi connectivity index (χ1) is 15.6. The van der Waals surface area contributed by atoms with Gasteiger partial charge in [0.15, 0.2) is 11.6 Å². The number of benzene rings is 2. The minimum atomic E-state index is -0.868. The molecule has 0 fully saturated rings. The molecular weight excluding hydrogens is 547 g/mol. The van der Waals surface area contributed by atoms with E-state index >= 15 is 0 Å². The van der Waals surface area contributed by atoms with Crippen LogP contribution in [0.2, 0.25) is 0 Å². The number of ether oxygens (including phenoxy) is 3. The Morgan fingerprint density at radius 1 is 1.09 bits per heavy atom. The fraction of sp³-hybridized carbons (Fsp3) is 0.250. The summed E-state index contributed by atoms with van der Waals surface area (Å²) in [5, 5.41) is 0. The SMILES string of the molecule is COc1c(-c2cc(CC(=O)OC(C)C)ccc2Oc2ccc(F)cc2F)cn(C)c(=O)c1I. The van der Waals surface area contributed by atoms with Crippen LogP contribution in [0.1, 0.15) is 19.4 Å². The summed E-state index contributed by atoms with van der Waals surface area (Å²) in [6, 6.07) is 7.92. The zero-order valence-corrected chi connectivity index (χ0v) is 20.6. The van der Waals surface area contributed by atoms with Gasteiger partial charge in [-0.3, -0.25) is 9.59 Å². The van der Waals surface area contributed by atoms with E-state index in [0.717, 1.165) is 12.1 Å². The van der Waals surface area contributed by atoms with Crippen LogP contribution in [0, 0.1) is 15.2 Å². The van der Waals surface area contributed by atoms with Crippen molar-refractivity contribution in [3.63, 3.8) is 0 Å². The van der Waals surface area contributed by atoms with E-state index in [9.17, 15) is 18.4 Å². The van der Waals surface area contributed by atoms with Crippen molar-refractivity contribution >= 4 is 28.6 Å². The standard InChI is InChI=1S/C24H22F2INO5/c1-13(2)32-21(29)10-14-5-7-19(33-20-8-6-15(25)11-18(20)26)16(9-14)17-12-28(3)24(30)22(27)23(17)31-4/h5-9,11-13H,10H2,1-4H3. The van der Waals surface area contributed by atoms with Gasteiger partial charge < -0.3 is 18.8 Å². The van der Waals surface area contributed by atoms with Gasteiger partial charge in [-0.1, -0.05) is 6.07 Å². The zero-order chi connectivity index (χ0) is 24.3. The van der Waals surface area contributed by atoms with Crippen molar-refractivity contribution in [2.45, 2.75) is 26.4 Å². The summed E-state index contributed by atoms with van der Waals surface area (Å²) in [4.78, 5) is 24.6. The maximum atomic E-state index is 14.3. The molecule has 0 spiro atoms. The predicted octanol–water partition coefficient (Wildman–Crippen LogP) is 5.23. The molecule has 2 aromatic carbocycles. The number of aryl methyl sites for hydroxylation is 1. The number of nitrogens with zero attached hydrogens (tertiary/aromatic N) is 1. The van der Waals surface area contributed by atoms with Crippen LogP contribution < -0.4 is 15.0 Å². The molecule has 9 heteroatoms. The molecule has 3 aromatic rings. The topological polar surface area (TPSA) is 66.8 Å². The smallest absolute Gasteiger partial charge is 0.310 e. The second kappa shape index (κ2) is 10.3. The van der Waals surface area contributed by atoms with Gasteiger partial charge in [-0.05, 0) is 66.3 Å². The lowest BCUT2D eigenvalue weighted by molar-refractivity contribution is -0.146. The van der Waals surface area contributed by atoms with Crippen molar-refractivity contribution in [2.24, 2.45) is 7.05 Å². The second-order valence-electron chi connectivity index (χ2n) is 7.53. The maximum absolute atomic E-state index is 14.3. The van der Waals surface area contributed by atoms with Crippen LogP contribution in [0.4, 0.5) is 8.78 Å². The molecule has 6 nitrogen and oxygen atoms in total. The summed E-state index contributed by atoms with van der Waals surface area (Å²) in [5.74, 6) is -1.64. The molecule has 1 heterocycles. The Morgan fingerprint density at radius 3 is 2.42 bits per heavy atom. The fourth-order valence-corrected chi connectivity index (χ4v) is 4.10. The van der Waals surface area contributed by atoms with Gasteiger partial charge in [-0.2, -0.15) is 0 Å². The molecule has 3 rings (SSSR count). The average molecular weight is 569 g/mol. The van der Waals surface area contributed by atoms with E-state index in [-0.39, 0.29) is 29.6 Å². The van der Waals surface area contributed by atoms with Crippen molar-refractivity contribution in [1.29, 1.82) is 0 Å². The largest absolute Gasteiger partial charge is 0.495 e. The third-order valence-corrected chi connectivity index (χ3v) is 5.59. The summed E-state index contributed by atoms with van der Waals surface area (Å²) in [7, 11) is 3.03. The van der Waals surface area contributed by atoms with Crippen LogP contribution in [0.15, 0.2) is 47.4 Å². The number of hydrogen-bond acceptors (Lipinski definition) is 5. The number of carbonyl (C=O) groups is 1. The van der Waals surface area contributed by atoms with Gasteiger partial charge in [-0.15, -0.1) is 0 Å². The molecule has 0 saturated carbocycles. The highest BCUT2D eigenvalue weighted by Crippen LogP contribution is 2.40. The highest BCUT2D eigenvalue weighted by atomic mass is 127. The highest BCUT2D eigenvalue weighted by Gasteiger charge is 2.20. The lowest BCUT2D eigenvalue weighted by atomic mass is 10.0. The Morgan fingerprint density at radius 2 is 1.79 bits per heavy atom. The lowest BCUT2D eigenvalue weighted by Crippen LogP contribution is -2.20. The number of rotatable bonds is 7. The van der Waals surface area contributed by atoms with Crippen molar-refractivity contribution in [2.75, 3.05) is 7.11 Å². The van der Waals surface area contributed by atoms with E-state index in [2.05, 4.69) is 0 Å². The summed E-state index contributed by atoms with van der Waals surface area (Å²) in [6.45, 7) is 3.52. The summed E-state index contributed by atoms with van der Waals surface area (Å²) < 4.78 is 45.8. The van der Waals surface area contributed by atoms with Crippen LogP contribution in [0.3, 0.4) is 0 Å². The van der Waals surface area contributed by atoms with Crippen LogP contribution in [-0.4, -0.2) is 23.8 Å². The monoisotopic (exact) mass is 569 g/mol. The van der Waals surface area contributed by atoms with E-state index in [0.29, 0.717) is 26.0 Å².